The standard InChI is InChI=1S/C32H30N2O3/c1-21(2)24-14-6-8-17-27(24)33-29(35)20-37-32(36)30-25-15-7-9-18-28(25)34-31-23(13-10-16-26(30)31)19-22-11-4-3-5-12-22/h3-9,11-12,14-15,17-19,21H,10,13,16,20H2,1-2H3,(H,33,35). The summed E-state index contributed by atoms with van der Waals surface area (Å²) in [5.41, 5.74) is 6.96. The van der Waals surface area contributed by atoms with Crippen LogP contribution in [0.15, 0.2) is 78.9 Å². The molecule has 0 fully saturated rings. The van der Waals surface area contributed by atoms with Crippen LogP contribution in [0.4, 0.5) is 5.69 Å². The minimum Gasteiger partial charge on any atom is -0.452 e. The van der Waals surface area contributed by atoms with Gasteiger partial charge in [0.1, 0.15) is 0 Å². The van der Waals surface area contributed by atoms with Crippen LogP contribution in [-0.2, 0) is 16.0 Å². The topological polar surface area (TPSA) is 68.3 Å². The van der Waals surface area contributed by atoms with Crippen LogP contribution < -0.4 is 5.32 Å². The molecule has 0 saturated heterocycles. The van der Waals surface area contributed by atoms with Gasteiger partial charge in [0.2, 0.25) is 0 Å². The van der Waals surface area contributed by atoms with Crippen molar-refractivity contribution in [1.29, 1.82) is 0 Å². The average Bonchev–Trinajstić information content (AvgIpc) is 2.91. The number of hydrogen-bond acceptors (Lipinski definition) is 4. The third kappa shape index (κ3) is 5.31. The van der Waals surface area contributed by atoms with Crippen LogP contribution in [-0.4, -0.2) is 23.5 Å². The molecule has 0 spiro atoms. The first-order chi connectivity index (χ1) is 18.0. The maximum atomic E-state index is 13.5. The van der Waals surface area contributed by atoms with Crippen molar-refractivity contribution in [2.75, 3.05) is 11.9 Å². The number of esters is 1. The van der Waals surface area contributed by atoms with Crippen LogP contribution in [0, 0.1) is 0 Å². The third-order valence-electron chi connectivity index (χ3n) is 6.71. The normalized spacial score (nSPS) is 14.0. The number of carbonyl (C=O) groups excluding carboxylic acids is 2. The summed E-state index contributed by atoms with van der Waals surface area (Å²) in [4.78, 5) is 31.2. The second-order valence-electron chi connectivity index (χ2n) is 9.63. The van der Waals surface area contributed by atoms with Crippen LogP contribution in [0.5, 0.6) is 0 Å². The zero-order chi connectivity index (χ0) is 25.8. The van der Waals surface area contributed by atoms with Crippen molar-refractivity contribution < 1.29 is 14.3 Å². The van der Waals surface area contributed by atoms with E-state index in [0.717, 1.165) is 63.8 Å². The zero-order valence-electron chi connectivity index (χ0n) is 21.2. The molecular weight excluding hydrogens is 460 g/mol. The number of ether oxygens (including phenoxy) is 1. The quantitative estimate of drug-likeness (QED) is 0.295. The number of nitrogens with one attached hydrogen (secondary N) is 1. The van der Waals surface area contributed by atoms with E-state index in [4.69, 9.17) is 9.72 Å². The molecule has 1 aliphatic rings. The Balaban J connectivity index is 1.44. The number of aromatic nitrogens is 1. The number of nitrogens with zero attached hydrogens (tertiary/aromatic N) is 1. The van der Waals surface area contributed by atoms with Gasteiger partial charge in [0.15, 0.2) is 6.61 Å². The smallest absolute Gasteiger partial charge is 0.339 e. The van der Waals surface area contributed by atoms with Gasteiger partial charge in [-0.25, -0.2) is 9.78 Å². The molecule has 0 aliphatic heterocycles. The van der Waals surface area contributed by atoms with Gasteiger partial charge in [-0.2, -0.15) is 0 Å². The summed E-state index contributed by atoms with van der Waals surface area (Å²) in [6, 6.07) is 25.4. The number of carbonyl (C=O) groups is 2. The molecule has 1 aliphatic carbocycles. The number of rotatable bonds is 6. The fraction of sp³-hybridized carbons (Fsp3) is 0.219. The molecule has 0 unspecified atom stereocenters. The lowest BCUT2D eigenvalue weighted by molar-refractivity contribution is -0.119. The molecule has 186 valence electrons. The highest BCUT2D eigenvalue weighted by Crippen LogP contribution is 2.36. The first-order valence-corrected chi connectivity index (χ1v) is 12.7. The van der Waals surface area contributed by atoms with E-state index in [2.05, 4.69) is 37.4 Å². The van der Waals surface area contributed by atoms with Gasteiger partial charge in [0, 0.05) is 11.1 Å². The molecule has 0 bridgehead atoms. The molecule has 1 heterocycles. The number of amides is 1. The molecular formula is C32H30N2O3. The van der Waals surface area contributed by atoms with E-state index in [1.54, 1.807) is 0 Å². The fourth-order valence-corrected chi connectivity index (χ4v) is 4.96. The summed E-state index contributed by atoms with van der Waals surface area (Å²) in [7, 11) is 0. The molecule has 0 saturated carbocycles. The van der Waals surface area contributed by atoms with Gasteiger partial charge < -0.3 is 10.1 Å². The number of fused-ring (bicyclic) bond motifs is 2. The Kier molecular flexibility index (Phi) is 7.13. The van der Waals surface area contributed by atoms with Gasteiger partial charge in [-0.3, -0.25) is 4.79 Å². The largest absolute Gasteiger partial charge is 0.452 e. The summed E-state index contributed by atoms with van der Waals surface area (Å²) in [5, 5.41) is 3.64. The summed E-state index contributed by atoms with van der Waals surface area (Å²) >= 11 is 0. The molecule has 5 nitrogen and oxygen atoms in total. The van der Waals surface area contributed by atoms with E-state index >= 15 is 0 Å². The third-order valence-corrected chi connectivity index (χ3v) is 6.71. The Bertz CT molecular complexity index is 1490. The van der Waals surface area contributed by atoms with Gasteiger partial charge in [-0.05, 0) is 65.7 Å². The fourth-order valence-electron chi connectivity index (χ4n) is 4.96. The summed E-state index contributed by atoms with van der Waals surface area (Å²) in [6.45, 7) is 3.79. The van der Waals surface area contributed by atoms with Crippen molar-refractivity contribution >= 4 is 40.1 Å². The minimum absolute atomic E-state index is 0.256. The van der Waals surface area contributed by atoms with E-state index in [1.165, 1.54) is 0 Å². The number of allylic oxidation sites excluding steroid dienone is 1. The molecule has 37 heavy (non-hydrogen) atoms. The number of para-hydroxylation sites is 2. The SMILES string of the molecule is CC(C)c1ccccc1NC(=O)COC(=O)c1c2c(nc3ccccc13)C(=Cc1ccccc1)CCC2. The van der Waals surface area contributed by atoms with Crippen molar-refractivity contribution in [3.8, 4) is 0 Å². The Morgan fingerprint density at radius 1 is 0.946 bits per heavy atom. The highest BCUT2D eigenvalue weighted by atomic mass is 16.5. The average molecular weight is 491 g/mol. The van der Waals surface area contributed by atoms with Crippen LogP contribution >= 0.6 is 0 Å². The molecule has 1 amide bonds. The lowest BCUT2D eigenvalue weighted by Crippen LogP contribution is -2.23. The lowest BCUT2D eigenvalue weighted by atomic mass is 9.86. The van der Waals surface area contributed by atoms with Crippen LogP contribution in [0.2, 0.25) is 0 Å². The molecule has 3 aromatic carbocycles. The molecule has 4 aromatic rings. The summed E-state index contributed by atoms with van der Waals surface area (Å²) in [6.07, 6.45) is 4.68. The number of pyridine rings is 1. The Morgan fingerprint density at radius 2 is 1.68 bits per heavy atom. The summed E-state index contributed by atoms with van der Waals surface area (Å²) < 4.78 is 5.59. The first-order valence-electron chi connectivity index (χ1n) is 12.7. The first kappa shape index (κ1) is 24.4. The van der Waals surface area contributed by atoms with Crippen molar-refractivity contribution in [1.82, 2.24) is 4.98 Å². The minimum atomic E-state index is -0.497. The monoisotopic (exact) mass is 490 g/mol. The van der Waals surface area contributed by atoms with Gasteiger partial charge in [-0.15, -0.1) is 0 Å². The van der Waals surface area contributed by atoms with Crippen molar-refractivity contribution in [2.24, 2.45) is 0 Å². The number of anilines is 1. The number of hydrogen-bond donors (Lipinski definition) is 1. The van der Waals surface area contributed by atoms with Crippen molar-refractivity contribution in [3.05, 3.63) is 107 Å². The Morgan fingerprint density at radius 3 is 2.49 bits per heavy atom. The second-order valence-corrected chi connectivity index (χ2v) is 9.63. The Hall–Kier alpha value is -4.25. The Labute approximate surface area is 217 Å². The predicted molar refractivity (Wildman–Crippen MR) is 148 cm³/mol. The predicted octanol–water partition coefficient (Wildman–Crippen LogP) is 7.03. The maximum absolute atomic E-state index is 13.5. The zero-order valence-corrected chi connectivity index (χ0v) is 21.2. The van der Waals surface area contributed by atoms with Crippen molar-refractivity contribution in [2.45, 2.75) is 39.0 Å². The van der Waals surface area contributed by atoms with Gasteiger partial charge in [0.25, 0.3) is 5.91 Å². The van der Waals surface area contributed by atoms with Gasteiger partial charge >= 0.3 is 5.97 Å². The van der Waals surface area contributed by atoms with Crippen LogP contribution in [0.1, 0.15) is 65.3 Å². The molecule has 5 rings (SSSR count). The number of benzene rings is 3. The van der Waals surface area contributed by atoms with E-state index in [9.17, 15) is 9.59 Å². The molecule has 0 radical (unpaired) electrons. The molecule has 1 N–H and O–H groups in total. The lowest BCUT2D eigenvalue weighted by Gasteiger charge is -2.22. The van der Waals surface area contributed by atoms with E-state index in [0.29, 0.717) is 5.56 Å². The van der Waals surface area contributed by atoms with E-state index in [1.807, 2.05) is 66.7 Å². The van der Waals surface area contributed by atoms with Gasteiger partial charge in [0.05, 0.1) is 16.8 Å². The summed E-state index contributed by atoms with van der Waals surface area (Å²) in [5.74, 6) is -0.603. The van der Waals surface area contributed by atoms with E-state index < -0.39 is 5.97 Å². The van der Waals surface area contributed by atoms with Gasteiger partial charge in [-0.1, -0.05) is 80.6 Å². The molecule has 1 aromatic heterocycles. The van der Waals surface area contributed by atoms with E-state index in [-0.39, 0.29) is 18.4 Å². The van der Waals surface area contributed by atoms with Crippen LogP contribution in [0.3, 0.4) is 0 Å². The molecule has 5 heteroatoms. The highest BCUT2D eigenvalue weighted by Gasteiger charge is 2.26. The van der Waals surface area contributed by atoms with Crippen LogP contribution in [0.25, 0.3) is 22.6 Å². The second kappa shape index (κ2) is 10.8. The maximum Gasteiger partial charge on any atom is 0.339 e. The van der Waals surface area contributed by atoms with Crippen molar-refractivity contribution in [3.63, 3.8) is 0 Å². The molecule has 0 atom stereocenters. The highest BCUT2D eigenvalue weighted by molar-refractivity contribution is 6.07.